The summed E-state index contributed by atoms with van der Waals surface area (Å²) in [4.78, 5) is 15.3. The first-order valence-electron chi connectivity index (χ1n) is 7.76. The molecule has 0 spiro atoms. The zero-order chi connectivity index (χ0) is 17.4. The van der Waals surface area contributed by atoms with Crippen molar-refractivity contribution in [3.8, 4) is 0 Å². The summed E-state index contributed by atoms with van der Waals surface area (Å²) in [6.07, 6.45) is 3.08. The second-order valence-corrected chi connectivity index (χ2v) is 6.85. The van der Waals surface area contributed by atoms with Crippen molar-refractivity contribution in [2.75, 3.05) is 24.4 Å². The number of thiazole rings is 1. The maximum absolute atomic E-state index is 12.7. The Morgan fingerprint density at radius 2 is 2.08 bits per heavy atom. The molecule has 2 aromatic heterocycles. The van der Waals surface area contributed by atoms with Crippen LogP contribution in [0.15, 0.2) is 57.0 Å². The standard InChI is InChI=1S/C17H17N5O2S/c1-21(2)12-7-5-11(6-8-12)10-14-16(23)22-17(25-14)19-18-15(20-22)13-4-3-9-24-13/h3-10,15,18,20H,1-2H3/b14-10+. The average molecular weight is 355 g/mol. The summed E-state index contributed by atoms with van der Waals surface area (Å²) < 4.78 is 7.42. The molecule has 4 rings (SSSR count). The molecule has 0 aliphatic carbocycles. The van der Waals surface area contributed by atoms with Crippen LogP contribution in [0.3, 0.4) is 0 Å². The third-order valence-electron chi connectivity index (χ3n) is 3.89. The minimum absolute atomic E-state index is 0.126. The van der Waals surface area contributed by atoms with Gasteiger partial charge in [0.15, 0.2) is 6.17 Å². The molecule has 128 valence electrons. The summed E-state index contributed by atoms with van der Waals surface area (Å²) in [6.45, 7) is 0. The second-order valence-electron chi connectivity index (χ2n) is 5.84. The Morgan fingerprint density at radius 3 is 2.76 bits per heavy atom. The highest BCUT2D eigenvalue weighted by atomic mass is 32.1. The molecule has 1 aromatic carbocycles. The third-order valence-corrected chi connectivity index (χ3v) is 4.86. The largest absolute Gasteiger partial charge is 0.465 e. The molecular formula is C17H17N5O2S. The Bertz CT molecular complexity index is 1050. The Morgan fingerprint density at radius 1 is 1.28 bits per heavy atom. The minimum Gasteiger partial charge on any atom is -0.465 e. The summed E-state index contributed by atoms with van der Waals surface area (Å²) in [5.41, 5.74) is 8.00. The lowest BCUT2D eigenvalue weighted by molar-refractivity contribution is 0.400. The first-order chi connectivity index (χ1) is 12.1. The summed E-state index contributed by atoms with van der Waals surface area (Å²) in [5.74, 6) is 0.664. The third kappa shape index (κ3) is 2.91. The maximum Gasteiger partial charge on any atom is 0.289 e. The van der Waals surface area contributed by atoms with E-state index in [-0.39, 0.29) is 11.7 Å². The van der Waals surface area contributed by atoms with Crippen molar-refractivity contribution in [3.05, 3.63) is 73.7 Å². The van der Waals surface area contributed by atoms with E-state index in [2.05, 4.69) is 16.0 Å². The van der Waals surface area contributed by atoms with Gasteiger partial charge >= 0.3 is 0 Å². The number of nitrogens with one attached hydrogen (secondary N) is 2. The maximum atomic E-state index is 12.7. The van der Waals surface area contributed by atoms with E-state index in [1.165, 1.54) is 16.0 Å². The fraction of sp³-hybridized carbons (Fsp3) is 0.176. The number of aromatic nitrogens is 1. The normalized spacial score (nSPS) is 16.6. The molecule has 3 heterocycles. The van der Waals surface area contributed by atoms with Gasteiger partial charge in [0.2, 0.25) is 4.80 Å². The molecule has 0 radical (unpaired) electrons. The van der Waals surface area contributed by atoms with E-state index in [4.69, 9.17) is 4.42 Å². The molecule has 25 heavy (non-hydrogen) atoms. The van der Waals surface area contributed by atoms with Crippen molar-refractivity contribution in [2.45, 2.75) is 6.17 Å². The highest BCUT2D eigenvalue weighted by Crippen LogP contribution is 2.13. The number of rotatable bonds is 3. The molecule has 0 amide bonds. The summed E-state index contributed by atoms with van der Waals surface area (Å²) in [6, 6.07) is 11.6. The van der Waals surface area contributed by atoms with Crippen LogP contribution >= 0.6 is 11.3 Å². The summed E-state index contributed by atoms with van der Waals surface area (Å²) >= 11 is 1.33. The first-order valence-corrected chi connectivity index (χ1v) is 8.57. The van der Waals surface area contributed by atoms with Crippen LogP contribution in [0.4, 0.5) is 5.69 Å². The molecule has 0 saturated carbocycles. The topological polar surface area (TPSA) is 74.8 Å². The Balaban J connectivity index is 1.69. The molecule has 0 fully saturated rings. The van der Waals surface area contributed by atoms with Gasteiger partial charge in [-0.05, 0) is 35.9 Å². The van der Waals surface area contributed by atoms with E-state index in [9.17, 15) is 4.79 Å². The number of hydrogen-bond donors (Lipinski definition) is 2. The van der Waals surface area contributed by atoms with Gasteiger partial charge in [0, 0.05) is 19.8 Å². The van der Waals surface area contributed by atoms with Crippen molar-refractivity contribution in [3.63, 3.8) is 0 Å². The minimum atomic E-state index is -0.373. The van der Waals surface area contributed by atoms with Crippen LogP contribution in [0.25, 0.3) is 6.08 Å². The van der Waals surface area contributed by atoms with Gasteiger partial charge in [-0.1, -0.05) is 23.5 Å². The zero-order valence-electron chi connectivity index (χ0n) is 13.8. The van der Waals surface area contributed by atoms with Crippen molar-refractivity contribution < 1.29 is 4.42 Å². The van der Waals surface area contributed by atoms with Crippen molar-refractivity contribution in [1.29, 1.82) is 0 Å². The number of fused-ring (bicyclic) bond motifs is 1. The highest BCUT2D eigenvalue weighted by molar-refractivity contribution is 7.07. The number of benzene rings is 1. The first kappa shape index (κ1) is 15.5. The van der Waals surface area contributed by atoms with Crippen molar-refractivity contribution >= 4 is 23.1 Å². The second kappa shape index (κ2) is 6.14. The average Bonchev–Trinajstić information content (AvgIpc) is 3.25. The molecule has 1 unspecified atom stereocenters. The number of nitrogens with zero attached hydrogens (tertiary/aromatic N) is 3. The van der Waals surface area contributed by atoms with Crippen molar-refractivity contribution in [2.24, 2.45) is 5.10 Å². The smallest absolute Gasteiger partial charge is 0.289 e. The van der Waals surface area contributed by atoms with Gasteiger partial charge in [0.25, 0.3) is 5.56 Å². The van der Waals surface area contributed by atoms with Gasteiger partial charge in [-0.3, -0.25) is 15.6 Å². The van der Waals surface area contributed by atoms with Crippen LogP contribution in [0, 0.1) is 0 Å². The van der Waals surface area contributed by atoms with Gasteiger partial charge in [0.05, 0.1) is 10.8 Å². The van der Waals surface area contributed by atoms with Crippen LogP contribution < -0.4 is 30.6 Å². The van der Waals surface area contributed by atoms with E-state index in [0.29, 0.717) is 15.1 Å². The van der Waals surface area contributed by atoms with Crippen molar-refractivity contribution in [1.82, 2.24) is 10.1 Å². The fourth-order valence-corrected chi connectivity index (χ4v) is 3.44. The fourth-order valence-electron chi connectivity index (χ4n) is 2.54. The van der Waals surface area contributed by atoms with Gasteiger partial charge in [0.1, 0.15) is 5.76 Å². The molecule has 1 aliphatic heterocycles. The predicted octanol–water partition coefficient (Wildman–Crippen LogP) is 0.778. The van der Waals surface area contributed by atoms with Crippen LogP contribution in [-0.2, 0) is 0 Å². The van der Waals surface area contributed by atoms with Gasteiger partial charge in [-0.25, -0.2) is 0 Å². The van der Waals surface area contributed by atoms with Gasteiger partial charge < -0.3 is 9.32 Å². The van der Waals surface area contributed by atoms with E-state index in [1.54, 1.807) is 12.3 Å². The van der Waals surface area contributed by atoms with E-state index >= 15 is 0 Å². The Kier molecular flexibility index (Phi) is 3.81. The van der Waals surface area contributed by atoms with Crippen LogP contribution in [0.5, 0.6) is 0 Å². The lowest BCUT2D eigenvalue weighted by atomic mass is 10.2. The quantitative estimate of drug-likeness (QED) is 0.726. The number of anilines is 1. The van der Waals surface area contributed by atoms with Gasteiger partial charge in [-0.2, -0.15) is 4.68 Å². The molecule has 0 saturated heterocycles. The van der Waals surface area contributed by atoms with Crippen LogP contribution in [0.2, 0.25) is 0 Å². The Labute approximate surface area is 147 Å². The highest BCUT2D eigenvalue weighted by Gasteiger charge is 2.19. The molecule has 3 aromatic rings. The molecule has 1 atom stereocenters. The van der Waals surface area contributed by atoms with Crippen LogP contribution in [0.1, 0.15) is 17.5 Å². The number of hydrogen-bond acceptors (Lipinski definition) is 7. The van der Waals surface area contributed by atoms with E-state index in [0.717, 1.165) is 11.3 Å². The molecule has 1 aliphatic rings. The lowest BCUT2D eigenvalue weighted by Gasteiger charge is -2.20. The summed E-state index contributed by atoms with van der Waals surface area (Å²) in [7, 11) is 3.99. The lowest BCUT2D eigenvalue weighted by Crippen LogP contribution is -2.47. The SMILES string of the molecule is CN(C)c1ccc(/C=c2/sc3n(c2=O)NC(c2ccco2)NN=3)cc1. The van der Waals surface area contributed by atoms with E-state index < -0.39 is 0 Å². The zero-order valence-corrected chi connectivity index (χ0v) is 14.6. The summed E-state index contributed by atoms with van der Waals surface area (Å²) in [5, 5.41) is 4.27. The van der Waals surface area contributed by atoms with E-state index in [1.807, 2.05) is 55.4 Å². The molecule has 0 bridgehead atoms. The number of furan rings is 1. The van der Waals surface area contributed by atoms with Crippen LogP contribution in [-0.4, -0.2) is 18.8 Å². The predicted molar refractivity (Wildman–Crippen MR) is 97.6 cm³/mol. The monoisotopic (exact) mass is 355 g/mol. The molecule has 2 N–H and O–H groups in total. The molecule has 7 nitrogen and oxygen atoms in total. The van der Waals surface area contributed by atoms with Gasteiger partial charge in [-0.15, -0.1) is 5.10 Å². The molecular weight excluding hydrogens is 338 g/mol. The molecule has 8 heteroatoms. The Hall–Kier alpha value is -3.00.